The Morgan fingerprint density at radius 3 is 2.86 bits per heavy atom. The topological polar surface area (TPSA) is 53.4 Å². The molecule has 0 spiro atoms. The summed E-state index contributed by atoms with van der Waals surface area (Å²) in [7, 11) is 0. The molecule has 2 saturated heterocycles. The zero-order chi connectivity index (χ0) is 19.7. The molecular weight excluding hydrogens is 350 g/mol. The third-order valence-electron chi connectivity index (χ3n) is 6.09. The summed E-state index contributed by atoms with van der Waals surface area (Å²) in [5.41, 5.74) is 2.26. The molecule has 6 heteroatoms. The van der Waals surface area contributed by atoms with Crippen LogP contribution in [0.1, 0.15) is 45.5 Å². The van der Waals surface area contributed by atoms with Crippen molar-refractivity contribution in [2.75, 3.05) is 32.7 Å². The van der Waals surface area contributed by atoms with Crippen molar-refractivity contribution in [3.05, 3.63) is 30.1 Å². The number of imidazole rings is 1. The molecule has 0 unspecified atom stereocenters. The maximum Gasteiger partial charge on any atom is 0.227 e. The lowest BCUT2D eigenvalue weighted by Crippen LogP contribution is -2.54. The Morgan fingerprint density at radius 2 is 2.07 bits per heavy atom. The van der Waals surface area contributed by atoms with Gasteiger partial charge in [0.15, 0.2) is 0 Å². The average Bonchev–Trinajstić information content (AvgIpc) is 3.05. The Labute approximate surface area is 167 Å². The molecule has 3 heterocycles. The zero-order valence-corrected chi connectivity index (χ0v) is 17.4. The largest absolute Gasteiger partial charge is 0.340 e. The summed E-state index contributed by atoms with van der Waals surface area (Å²) >= 11 is 0. The van der Waals surface area contributed by atoms with E-state index in [1.165, 1.54) is 5.52 Å². The lowest BCUT2D eigenvalue weighted by Gasteiger charge is -2.38. The molecule has 2 atom stereocenters. The highest BCUT2D eigenvalue weighted by atomic mass is 16.2. The summed E-state index contributed by atoms with van der Waals surface area (Å²) in [6.07, 6.45) is 2.09. The molecule has 6 nitrogen and oxygen atoms in total. The van der Waals surface area contributed by atoms with Crippen LogP contribution in [0.4, 0.5) is 0 Å². The molecule has 0 saturated carbocycles. The van der Waals surface area contributed by atoms with Gasteiger partial charge in [-0.2, -0.15) is 0 Å². The fourth-order valence-corrected chi connectivity index (χ4v) is 4.77. The molecular formula is C22H33N5O. The van der Waals surface area contributed by atoms with Gasteiger partial charge >= 0.3 is 0 Å². The van der Waals surface area contributed by atoms with Gasteiger partial charge in [0.25, 0.3) is 0 Å². The van der Waals surface area contributed by atoms with E-state index in [0.717, 1.165) is 63.5 Å². The molecule has 0 aliphatic carbocycles. The number of carbonyl (C=O) groups is 1. The number of para-hydroxylation sites is 2. The second-order valence-electron chi connectivity index (χ2n) is 8.69. The van der Waals surface area contributed by atoms with Crippen LogP contribution in [0.3, 0.4) is 0 Å². The predicted octanol–water partition coefficient (Wildman–Crippen LogP) is 2.65. The van der Waals surface area contributed by atoms with Crippen molar-refractivity contribution in [2.24, 2.45) is 5.92 Å². The highest BCUT2D eigenvalue weighted by Gasteiger charge is 2.31. The van der Waals surface area contributed by atoms with Crippen LogP contribution >= 0.6 is 0 Å². The van der Waals surface area contributed by atoms with Gasteiger partial charge in [-0.15, -0.1) is 0 Å². The number of nitrogens with one attached hydrogen (secondary N) is 1. The fraction of sp³-hybridized carbons (Fsp3) is 0.636. The van der Waals surface area contributed by atoms with E-state index in [1.807, 2.05) is 6.07 Å². The van der Waals surface area contributed by atoms with Crippen LogP contribution in [0.25, 0.3) is 11.0 Å². The van der Waals surface area contributed by atoms with E-state index >= 15 is 0 Å². The third-order valence-corrected chi connectivity index (χ3v) is 6.09. The summed E-state index contributed by atoms with van der Waals surface area (Å²) in [6.45, 7) is 11.9. The minimum absolute atomic E-state index is 0.121. The first kappa shape index (κ1) is 19.4. The van der Waals surface area contributed by atoms with Gasteiger partial charge in [-0.05, 0) is 52.3 Å². The molecule has 1 amide bonds. The van der Waals surface area contributed by atoms with Crippen molar-refractivity contribution in [1.82, 2.24) is 24.7 Å². The maximum atomic E-state index is 13.1. The van der Waals surface area contributed by atoms with Crippen LogP contribution in [-0.2, 0) is 11.3 Å². The van der Waals surface area contributed by atoms with Crippen LogP contribution in [-0.4, -0.2) is 64.0 Å². The molecule has 152 valence electrons. The summed E-state index contributed by atoms with van der Waals surface area (Å²) in [4.78, 5) is 22.5. The number of likely N-dealkylation sites (tertiary alicyclic amines) is 1. The summed E-state index contributed by atoms with van der Waals surface area (Å²) in [6, 6.07) is 9.13. The number of piperidine rings is 1. The van der Waals surface area contributed by atoms with Gasteiger partial charge in [-0.3, -0.25) is 9.69 Å². The monoisotopic (exact) mass is 383 g/mol. The molecule has 1 aromatic heterocycles. The van der Waals surface area contributed by atoms with Crippen LogP contribution in [0.15, 0.2) is 24.3 Å². The number of hydrogen-bond donors (Lipinski definition) is 1. The number of carbonyl (C=O) groups excluding carboxylic acids is 1. The van der Waals surface area contributed by atoms with Gasteiger partial charge < -0.3 is 14.8 Å². The van der Waals surface area contributed by atoms with Crippen LogP contribution in [0.2, 0.25) is 0 Å². The molecule has 28 heavy (non-hydrogen) atoms. The first-order valence-corrected chi connectivity index (χ1v) is 10.7. The quantitative estimate of drug-likeness (QED) is 0.882. The number of hydrogen-bond acceptors (Lipinski definition) is 4. The van der Waals surface area contributed by atoms with E-state index in [9.17, 15) is 4.79 Å². The second-order valence-corrected chi connectivity index (χ2v) is 8.69. The summed E-state index contributed by atoms with van der Waals surface area (Å²) in [5.74, 6) is 1.58. The number of piperazine rings is 1. The van der Waals surface area contributed by atoms with Gasteiger partial charge in [0.2, 0.25) is 5.91 Å². The highest BCUT2D eigenvalue weighted by molar-refractivity contribution is 5.79. The van der Waals surface area contributed by atoms with Gasteiger partial charge in [0.1, 0.15) is 5.82 Å². The van der Waals surface area contributed by atoms with Gasteiger partial charge in [0, 0.05) is 38.3 Å². The van der Waals surface area contributed by atoms with Crippen molar-refractivity contribution in [3.63, 3.8) is 0 Å². The molecule has 1 N–H and O–H groups in total. The van der Waals surface area contributed by atoms with Crippen molar-refractivity contribution >= 4 is 16.9 Å². The van der Waals surface area contributed by atoms with Crippen LogP contribution < -0.4 is 5.32 Å². The number of aromatic nitrogens is 2. The van der Waals surface area contributed by atoms with E-state index in [0.29, 0.717) is 18.0 Å². The maximum absolute atomic E-state index is 13.1. The predicted molar refractivity (Wildman–Crippen MR) is 112 cm³/mol. The first-order valence-electron chi connectivity index (χ1n) is 10.7. The van der Waals surface area contributed by atoms with E-state index in [1.54, 1.807) is 0 Å². The smallest absolute Gasteiger partial charge is 0.227 e. The van der Waals surface area contributed by atoms with Crippen molar-refractivity contribution in [1.29, 1.82) is 0 Å². The van der Waals surface area contributed by atoms with Crippen LogP contribution in [0, 0.1) is 5.92 Å². The molecule has 2 aromatic rings. The van der Waals surface area contributed by atoms with Crippen molar-refractivity contribution < 1.29 is 4.79 Å². The Bertz CT molecular complexity index is 829. The SMILES string of the molecule is CC(C)n1c(CN2CCC[C@@H](C(=O)N3CCN[C@@H](C)C3)C2)nc2ccccc21. The van der Waals surface area contributed by atoms with Gasteiger partial charge in [-0.1, -0.05) is 12.1 Å². The van der Waals surface area contributed by atoms with E-state index in [-0.39, 0.29) is 5.92 Å². The minimum Gasteiger partial charge on any atom is -0.340 e. The van der Waals surface area contributed by atoms with Crippen molar-refractivity contribution in [3.8, 4) is 0 Å². The average molecular weight is 384 g/mol. The lowest BCUT2D eigenvalue weighted by atomic mass is 9.96. The summed E-state index contributed by atoms with van der Waals surface area (Å²) in [5, 5.41) is 3.43. The van der Waals surface area contributed by atoms with Gasteiger partial charge in [-0.25, -0.2) is 4.98 Å². The molecule has 4 rings (SSSR count). The Hall–Kier alpha value is -1.92. The third kappa shape index (κ3) is 3.94. The van der Waals surface area contributed by atoms with Crippen LogP contribution in [0.5, 0.6) is 0 Å². The van der Waals surface area contributed by atoms with Gasteiger partial charge in [0.05, 0.1) is 23.5 Å². The molecule has 2 fully saturated rings. The summed E-state index contributed by atoms with van der Waals surface area (Å²) < 4.78 is 2.35. The zero-order valence-electron chi connectivity index (χ0n) is 17.4. The number of nitrogens with zero attached hydrogens (tertiary/aromatic N) is 4. The molecule has 2 aliphatic heterocycles. The van der Waals surface area contributed by atoms with E-state index in [2.05, 4.69) is 58.7 Å². The van der Waals surface area contributed by atoms with E-state index < -0.39 is 0 Å². The Kier molecular flexibility index (Phi) is 5.69. The highest BCUT2D eigenvalue weighted by Crippen LogP contribution is 2.25. The Balaban J connectivity index is 1.48. The number of rotatable bonds is 4. The fourth-order valence-electron chi connectivity index (χ4n) is 4.77. The lowest BCUT2D eigenvalue weighted by molar-refractivity contribution is -0.138. The minimum atomic E-state index is 0.121. The number of amides is 1. The van der Waals surface area contributed by atoms with E-state index in [4.69, 9.17) is 4.98 Å². The molecule has 1 aromatic carbocycles. The number of fused-ring (bicyclic) bond motifs is 1. The normalized spacial score (nSPS) is 24.2. The molecule has 0 radical (unpaired) electrons. The first-order chi connectivity index (χ1) is 13.5. The molecule has 0 bridgehead atoms. The Morgan fingerprint density at radius 1 is 1.25 bits per heavy atom. The van der Waals surface area contributed by atoms with Crippen molar-refractivity contribution in [2.45, 2.75) is 52.2 Å². The second kappa shape index (κ2) is 8.21. The standard InChI is InChI=1S/C22H33N5O/c1-16(2)27-20-9-5-4-8-19(20)24-21(27)15-25-11-6-7-18(14-25)22(28)26-12-10-23-17(3)13-26/h4-5,8-9,16-18,23H,6-7,10-15H2,1-3H3/t17-,18+/m0/s1. The molecule has 2 aliphatic rings. The number of benzene rings is 1.